The number of imide groups is 1. The summed E-state index contributed by atoms with van der Waals surface area (Å²) in [6.45, 7) is -0.750. The van der Waals surface area contributed by atoms with Crippen LogP contribution in [0, 0.1) is 22.0 Å². The minimum Gasteiger partial charge on any atom is -0.475 e. The van der Waals surface area contributed by atoms with Gasteiger partial charge in [0, 0.05) is 23.3 Å². The summed E-state index contributed by atoms with van der Waals surface area (Å²) in [5.41, 5.74) is 4.20. The van der Waals surface area contributed by atoms with Crippen LogP contribution in [0.2, 0.25) is 0 Å². The minimum atomic E-state index is -0.748. The summed E-state index contributed by atoms with van der Waals surface area (Å²) in [4.78, 5) is 51.2. The maximum Gasteiger partial charge on any atom is 0.344 e. The van der Waals surface area contributed by atoms with Crippen LogP contribution >= 0.6 is 0 Å². The third kappa shape index (κ3) is 2.73. The molecule has 1 saturated heterocycles. The van der Waals surface area contributed by atoms with Gasteiger partial charge in [-0.05, 0) is 28.3 Å². The predicted octanol–water partition coefficient (Wildman–Crippen LogP) is 3.31. The van der Waals surface area contributed by atoms with Gasteiger partial charge >= 0.3 is 11.7 Å². The number of hydrogen-bond acceptors (Lipinski definition) is 7. The van der Waals surface area contributed by atoms with Crippen molar-refractivity contribution in [3.8, 4) is 5.75 Å². The molecule has 2 fully saturated rings. The highest BCUT2D eigenvalue weighted by Gasteiger charge is 2.78. The Kier molecular flexibility index (Phi) is 4.76. The fraction of sp³-hybridized carbons (Fsp3) is 0.276. The van der Waals surface area contributed by atoms with E-state index in [1.54, 1.807) is 6.07 Å². The fourth-order valence-corrected chi connectivity index (χ4v) is 7.44. The van der Waals surface area contributed by atoms with Crippen LogP contribution in [0.3, 0.4) is 0 Å². The molecule has 9 heteroatoms. The maximum absolute atomic E-state index is 13.6. The van der Waals surface area contributed by atoms with Gasteiger partial charge in [-0.15, -0.1) is 0 Å². The first kappa shape index (κ1) is 22.7. The number of carbonyl (C=O) groups excluding carboxylic acids is 3. The van der Waals surface area contributed by atoms with Crippen LogP contribution in [0.25, 0.3) is 0 Å². The van der Waals surface area contributed by atoms with Gasteiger partial charge in [0.15, 0.2) is 12.4 Å². The number of para-hydroxylation sites is 2. The smallest absolute Gasteiger partial charge is 0.344 e. The number of carbonyl (C=O) groups is 3. The number of ether oxygens (including phenoxy) is 2. The van der Waals surface area contributed by atoms with E-state index in [1.807, 2.05) is 24.3 Å². The van der Waals surface area contributed by atoms with Crippen molar-refractivity contribution in [2.45, 2.75) is 17.3 Å². The topological polar surface area (TPSA) is 116 Å². The molecule has 4 aliphatic rings. The van der Waals surface area contributed by atoms with Gasteiger partial charge in [0.05, 0.1) is 23.3 Å². The SMILES string of the molecule is O=C(COc1ccccc1[N+](=O)[O-])OCCN1C(=O)[C@@H]2[C@@H](C1=O)[C@H]1c3ccccc3C13c1ccccc1[C@H]23. The molecule has 38 heavy (non-hydrogen) atoms. The zero-order valence-electron chi connectivity index (χ0n) is 20.1. The number of nitrogens with zero attached hydrogens (tertiary/aromatic N) is 2. The van der Waals surface area contributed by atoms with Crippen LogP contribution in [-0.4, -0.2) is 47.4 Å². The highest BCUT2D eigenvalue weighted by molar-refractivity contribution is 6.08. The fourth-order valence-electron chi connectivity index (χ4n) is 7.44. The van der Waals surface area contributed by atoms with Crippen LogP contribution in [0.4, 0.5) is 5.69 Å². The standard InChI is InChI=1S/C29H22N2O7/c32-22(15-38-21-12-6-5-11-20(21)31(35)36)37-14-13-30-27(33)23-24(28(30)34)26-17-8-2-4-10-19(17)29(26)18-9-3-1-7-16(18)25(23)29/h1-12,23-26H,13-15H2/t23-,24-,25-,26-,29?/m1/s1. The second-order valence-corrected chi connectivity index (χ2v) is 10.1. The van der Waals surface area contributed by atoms with E-state index in [9.17, 15) is 24.5 Å². The largest absolute Gasteiger partial charge is 0.475 e. The molecule has 1 saturated carbocycles. The molecule has 9 nitrogen and oxygen atoms in total. The van der Waals surface area contributed by atoms with Gasteiger partial charge in [-0.25, -0.2) is 4.79 Å². The van der Waals surface area contributed by atoms with Gasteiger partial charge in [-0.2, -0.15) is 0 Å². The molecular formula is C29H22N2O7. The molecule has 0 N–H and O–H groups in total. The summed E-state index contributed by atoms with van der Waals surface area (Å²) < 4.78 is 10.5. The Morgan fingerprint density at radius 3 is 2.03 bits per heavy atom. The van der Waals surface area contributed by atoms with Crippen molar-refractivity contribution in [2.75, 3.05) is 19.8 Å². The van der Waals surface area contributed by atoms with Gasteiger partial charge in [0.25, 0.3) is 0 Å². The Morgan fingerprint density at radius 1 is 0.868 bits per heavy atom. The highest BCUT2D eigenvalue weighted by Crippen LogP contribution is 2.80. The molecular weight excluding hydrogens is 488 g/mol. The van der Waals surface area contributed by atoms with Crippen molar-refractivity contribution in [1.29, 1.82) is 0 Å². The van der Waals surface area contributed by atoms with E-state index in [-0.39, 0.29) is 53.7 Å². The van der Waals surface area contributed by atoms with E-state index >= 15 is 0 Å². The molecule has 4 atom stereocenters. The second kappa shape index (κ2) is 7.98. The third-order valence-corrected chi connectivity index (χ3v) is 8.66. The maximum atomic E-state index is 13.6. The monoisotopic (exact) mass is 510 g/mol. The number of benzene rings is 3. The number of esters is 1. The minimum absolute atomic E-state index is 0.0392. The molecule has 0 radical (unpaired) electrons. The lowest BCUT2D eigenvalue weighted by Crippen LogP contribution is -2.55. The molecule has 1 aliphatic heterocycles. The Morgan fingerprint density at radius 2 is 1.42 bits per heavy atom. The average Bonchev–Trinajstić information content (AvgIpc) is 3.27. The molecule has 1 spiro atoms. The number of fused-ring (bicyclic) bond motifs is 7. The lowest BCUT2D eigenvalue weighted by molar-refractivity contribution is -0.385. The number of likely N-dealkylation sites (tertiary alicyclic amines) is 1. The van der Waals surface area contributed by atoms with Crippen molar-refractivity contribution in [1.82, 2.24) is 4.90 Å². The molecule has 1 heterocycles. The molecule has 7 rings (SSSR count). The summed E-state index contributed by atoms with van der Waals surface area (Å²) in [6, 6.07) is 22.1. The quantitative estimate of drug-likeness (QED) is 0.207. The summed E-state index contributed by atoms with van der Waals surface area (Å²) in [5, 5.41) is 11.1. The van der Waals surface area contributed by atoms with Gasteiger partial charge in [0.1, 0.15) is 6.61 Å². The van der Waals surface area contributed by atoms with Crippen molar-refractivity contribution < 1.29 is 28.8 Å². The van der Waals surface area contributed by atoms with E-state index in [2.05, 4.69) is 24.3 Å². The van der Waals surface area contributed by atoms with Crippen molar-refractivity contribution in [3.63, 3.8) is 0 Å². The number of rotatable bonds is 7. The first-order valence-electron chi connectivity index (χ1n) is 12.5. The van der Waals surface area contributed by atoms with Crippen molar-refractivity contribution >= 4 is 23.5 Å². The molecule has 3 aliphatic carbocycles. The van der Waals surface area contributed by atoms with Crippen LogP contribution in [-0.2, 0) is 24.5 Å². The molecule has 3 aromatic rings. The van der Waals surface area contributed by atoms with E-state index in [1.165, 1.54) is 34.2 Å². The summed E-state index contributed by atoms with van der Waals surface area (Å²) >= 11 is 0. The Hall–Kier alpha value is -4.53. The summed E-state index contributed by atoms with van der Waals surface area (Å²) in [5.74, 6) is -2.18. The van der Waals surface area contributed by atoms with E-state index in [0.717, 1.165) is 11.1 Å². The van der Waals surface area contributed by atoms with E-state index < -0.39 is 29.3 Å². The van der Waals surface area contributed by atoms with Crippen LogP contribution in [0.1, 0.15) is 34.1 Å². The third-order valence-electron chi connectivity index (χ3n) is 8.66. The molecule has 190 valence electrons. The van der Waals surface area contributed by atoms with Gasteiger partial charge in [-0.1, -0.05) is 60.7 Å². The lowest BCUT2D eigenvalue weighted by Gasteiger charge is -2.59. The Labute approximate surface area is 217 Å². The second-order valence-electron chi connectivity index (χ2n) is 10.1. The van der Waals surface area contributed by atoms with Crippen molar-refractivity contribution in [2.24, 2.45) is 11.8 Å². The number of nitro groups is 1. The first-order chi connectivity index (χ1) is 18.5. The van der Waals surface area contributed by atoms with Crippen LogP contribution < -0.4 is 4.74 Å². The predicted molar refractivity (Wildman–Crippen MR) is 132 cm³/mol. The molecule has 3 aromatic carbocycles. The molecule has 0 unspecified atom stereocenters. The average molecular weight is 511 g/mol. The lowest BCUT2D eigenvalue weighted by atomic mass is 9.43. The van der Waals surface area contributed by atoms with E-state index in [0.29, 0.717) is 0 Å². The first-order valence-corrected chi connectivity index (χ1v) is 12.5. The van der Waals surface area contributed by atoms with Crippen molar-refractivity contribution in [3.05, 3.63) is 105 Å². The normalized spacial score (nSPS) is 27.2. The molecule has 0 aromatic heterocycles. The number of amides is 2. The zero-order chi connectivity index (χ0) is 26.2. The molecule has 0 bridgehead atoms. The summed E-state index contributed by atoms with van der Waals surface area (Å²) in [6.07, 6.45) is 0. The zero-order valence-corrected chi connectivity index (χ0v) is 20.1. The number of hydrogen-bond donors (Lipinski definition) is 0. The van der Waals surface area contributed by atoms with Gasteiger partial charge in [-0.3, -0.25) is 24.6 Å². The Bertz CT molecular complexity index is 1470. The van der Waals surface area contributed by atoms with Gasteiger partial charge < -0.3 is 9.47 Å². The van der Waals surface area contributed by atoms with E-state index in [4.69, 9.17) is 9.47 Å². The van der Waals surface area contributed by atoms with Crippen LogP contribution in [0.15, 0.2) is 72.8 Å². The van der Waals surface area contributed by atoms with Crippen LogP contribution in [0.5, 0.6) is 5.75 Å². The van der Waals surface area contributed by atoms with Gasteiger partial charge in [0.2, 0.25) is 11.8 Å². The highest BCUT2D eigenvalue weighted by atomic mass is 16.6. The molecule has 2 amide bonds. The Balaban J connectivity index is 1.05. The summed E-state index contributed by atoms with van der Waals surface area (Å²) in [7, 11) is 0. The number of nitro benzene ring substituents is 1.